The SMILES string of the molecule is CN(CCO)c1ccc(/C=C/C(=O)c2ccc(NC(N)=O)cc2)cc1. The first-order valence-electron chi connectivity index (χ1n) is 7.80. The zero-order chi connectivity index (χ0) is 18.2. The Labute approximate surface area is 146 Å². The van der Waals surface area contributed by atoms with E-state index in [1.807, 2.05) is 36.2 Å². The molecule has 2 aromatic carbocycles. The van der Waals surface area contributed by atoms with E-state index >= 15 is 0 Å². The Bertz CT molecular complexity index is 752. The first kappa shape index (κ1) is 18.2. The molecule has 6 heteroatoms. The predicted molar refractivity (Wildman–Crippen MR) is 99.8 cm³/mol. The number of hydrogen-bond donors (Lipinski definition) is 3. The largest absolute Gasteiger partial charge is 0.395 e. The van der Waals surface area contributed by atoms with Gasteiger partial charge in [-0.15, -0.1) is 0 Å². The molecule has 0 spiro atoms. The lowest BCUT2D eigenvalue weighted by Crippen LogP contribution is -2.20. The summed E-state index contributed by atoms with van der Waals surface area (Å²) < 4.78 is 0. The number of nitrogens with two attached hydrogens (primary N) is 1. The highest BCUT2D eigenvalue weighted by atomic mass is 16.3. The van der Waals surface area contributed by atoms with Gasteiger partial charge in [0.05, 0.1) is 6.61 Å². The van der Waals surface area contributed by atoms with E-state index in [-0.39, 0.29) is 12.4 Å². The Kier molecular flexibility index (Phi) is 6.31. The van der Waals surface area contributed by atoms with Gasteiger partial charge in [0.15, 0.2) is 5.78 Å². The molecule has 0 aromatic heterocycles. The Morgan fingerprint density at radius 2 is 1.76 bits per heavy atom. The lowest BCUT2D eigenvalue weighted by Gasteiger charge is -2.17. The van der Waals surface area contributed by atoms with Crippen LogP contribution in [0.5, 0.6) is 0 Å². The van der Waals surface area contributed by atoms with Crippen LogP contribution in [0.3, 0.4) is 0 Å². The lowest BCUT2D eigenvalue weighted by atomic mass is 10.1. The Hall–Kier alpha value is -3.12. The van der Waals surface area contributed by atoms with Gasteiger partial charge in [-0.05, 0) is 48.0 Å². The normalized spacial score (nSPS) is 10.6. The number of aliphatic hydroxyl groups is 1. The average Bonchev–Trinajstić information content (AvgIpc) is 2.60. The van der Waals surface area contributed by atoms with Crippen LogP contribution < -0.4 is 16.0 Å². The number of ketones is 1. The molecule has 0 saturated heterocycles. The maximum atomic E-state index is 12.2. The summed E-state index contributed by atoms with van der Waals surface area (Å²) in [7, 11) is 1.90. The minimum absolute atomic E-state index is 0.0976. The second kappa shape index (κ2) is 8.65. The Balaban J connectivity index is 2.00. The first-order chi connectivity index (χ1) is 12.0. The maximum absolute atomic E-state index is 12.2. The molecule has 0 heterocycles. The third-order valence-electron chi connectivity index (χ3n) is 3.63. The van der Waals surface area contributed by atoms with Gasteiger partial charge in [-0.1, -0.05) is 18.2 Å². The maximum Gasteiger partial charge on any atom is 0.316 e. The lowest BCUT2D eigenvalue weighted by molar-refractivity contribution is 0.104. The van der Waals surface area contributed by atoms with E-state index in [0.717, 1.165) is 11.3 Å². The summed E-state index contributed by atoms with van der Waals surface area (Å²) in [6.45, 7) is 0.661. The van der Waals surface area contributed by atoms with Crippen LogP contribution in [0, 0.1) is 0 Å². The number of likely N-dealkylation sites (N-methyl/N-ethyl adjacent to an activating group) is 1. The van der Waals surface area contributed by atoms with Crippen LogP contribution in [0.2, 0.25) is 0 Å². The van der Waals surface area contributed by atoms with Crippen LogP contribution in [0.15, 0.2) is 54.6 Å². The fourth-order valence-electron chi connectivity index (χ4n) is 2.25. The number of primary amides is 1. The van der Waals surface area contributed by atoms with E-state index < -0.39 is 6.03 Å². The summed E-state index contributed by atoms with van der Waals surface area (Å²) in [6, 6.07) is 13.5. The summed E-state index contributed by atoms with van der Waals surface area (Å²) in [4.78, 5) is 24.9. The first-order valence-corrected chi connectivity index (χ1v) is 7.80. The number of nitrogens with zero attached hydrogens (tertiary/aromatic N) is 1. The van der Waals surface area contributed by atoms with Gasteiger partial charge in [0.2, 0.25) is 0 Å². The molecular formula is C19H21N3O3. The van der Waals surface area contributed by atoms with Gasteiger partial charge in [0, 0.05) is 30.5 Å². The smallest absolute Gasteiger partial charge is 0.316 e. The minimum Gasteiger partial charge on any atom is -0.395 e. The van der Waals surface area contributed by atoms with Crippen molar-refractivity contribution in [3.8, 4) is 0 Å². The molecule has 0 bridgehead atoms. The van der Waals surface area contributed by atoms with Crippen LogP contribution in [0.1, 0.15) is 15.9 Å². The van der Waals surface area contributed by atoms with Crippen LogP contribution in [0.25, 0.3) is 6.08 Å². The van der Waals surface area contributed by atoms with Gasteiger partial charge < -0.3 is 21.1 Å². The van der Waals surface area contributed by atoms with Crippen molar-refractivity contribution in [3.05, 3.63) is 65.7 Å². The van der Waals surface area contributed by atoms with E-state index in [9.17, 15) is 9.59 Å². The fourth-order valence-corrected chi connectivity index (χ4v) is 2.25. The van der Waals surface area contributed by atoms with Gasteiger partial charge in [0.1, 0.15) is 0 Å². The molecule has 0 aliphatic heterocycles. The Morgan fingerprint density at radius 1 is 1.12 bits per heavy atom. The van der Waals surface area contributed by atoms with Gasteiger partial charge >= 0.3 is 6.03 Å². The van der Waals surface area contributed by atoms with Crippen molar-refractivity contribution in [1.29, 1.82) is 0 Å². The molecule has 0 saturated carbocycles. The number of anilines is 2. The van der Waals surface area contributed by atoms with Crippen molar-refractivity contribution < 1.29 is 14.7 Å². The molecule has 25 heavy (non-hydrogen) atoms. The van der Waals surface area contributed by atoms with Crippen molar-refractivity contribution in [2.24, 2.45) is 5.73 Å². The Morgan fingerprint density at radius 3 is 2.32 bits per heavy atom. The van der Waals surface area contributed by atoms with Crippen molar-refractivity contribution in [1.82, 2.24) is 0 Å². The molecular weight excluding hydrogens is 318 g/mol. The molecule has 0 unspecified atom stereocenters. The third kappa shape index (κ3) is 5.47. The number of nitrogens with one attached hydrogen (secondary N) is 1. The number of hydrogen-bond acceptors (Lipinski definition) is 4. The summed E-state index contributed by atoms with van der Waals surface area (Å²) in [6.07, 6.45) is 3.25. The predicted octanol–water partition coefficient (Wildman–Crippen LogP) is 2.50. The van der Waals surface area contributed by atoms with Gasteiger partial charge in [-0.2, -0.15) is 0 Å². The van der Waals surface area contributed by atoms with Crippen molar-refractivity contribution in [2.75, 3.05) is 30.4 Å². The van der Waals surface area contributed by atoms with Gasteiger partial charge in [0.25, 0.3) is 0 Å². The van der Waals surface area contributed by atoms with Crippen molar-refractivity contribution in [3.63, 3.8) is 0 Å². The molecule has 0 radical (unpaired) electrons. The number of carbonyl (C=O) groups excluding carboxylic acids is 2. The molecule has 6 nitrogen and oxygen atoms in total. The van der Waals surface area contributed by atoms with Crippen molar-refractivity contribution >= 4 is 29.3 Å². The number of aliphatic hydroxyl groups excluding tert-OH is 1. The average molecular weight is 339 g/mol. The summed E-state index contributed by atoms with van der Waals surface area (Å²) in [5, 5.41) is 11.4. The van der Waals surface area contributed by atoms with Crippen LogP contribution in [-0.4, -0.2) is 37.1 Å². The zero-order valence-corrected chi connectivity index (χ0v) is 14.0. The molecule has 0 aliphatic carbocycles. The van der Waals surface area contributed by atoms with E-state index in [1.165, 1.54) is 6.08 Å². The van der Waals surface area contributed by atoms with Gasteiger partial charge in [-0.3, -0.25) is 4.79 Å². The number of benzene rings is 2. The summed E-state index contributed by atoms with van der Waals surface area (Å²) in [5.41, 5.74) is 7.99. The number of rotatable bonds is 7. The molecule has 2 aromatic rings. The van der Waals surface area contributed by atoms with Crippen LogP contribution in [-0.2, 0) is 0 Å². The number of amides is 2. The second-order valence-electron chi connectivity index (χ2n) is 5.50. The highest BCUT2D eigenvalue weighted by Gasteiger charge is 2.03. The monoisotopic (exact) mass is 339 g/mol. The molecule has 2 amide bonds. The van der Waals surface area contributed by atoms with Crippen molar-refractivity contribution in [2.45, 2.75) is 0 Å². The molecule has 0 aliphatic rings. The molecule has 0 fully saturated rings. The highest BCUT2D eigenvalue weighted by molar-refractivity contribution is 6.07. The quantitative estimate of drug-likeness (QED) is 0.533. The molecule has 130 valence electrons. The standard InChI is InChI=1S/C19H21N3O3/c1-22(12-13-23)17-9-2-14(3-10-17)4-11-18(24)15-5-7-16(8-6-15)21-19(20)25/h2-11,23H,12-13H2,1H3,(H3,20,21,25)/b11-4+. The van der Waals surface area contributed by atoms with E-state index in [1.54, 1.807) is 30.3 Å². The fraction of sp³-hybridized carbons (Fsp3) is 0.158. The zero-order valence-electron chi connectivity index (χ0n) is 14.0. The number of urea groups is 1. The highest BCUT2D eigenvalue weighted by Crippen LogP contribution is 2.15. The summed E-state index contributed by atoms with van der Waals surface area (Å²) in [5.74, 6) is -0.132. The molecule has 0 atom stereocenters. The van der Waals surface area contributed by atoms with Crippen LogP contribution >= 0.6 is 0 Å². The number of carbonyl (C=O) groups is 2. The van der Waals surface area contributed by atoms with Crippen LogP contribution in [0.4, 0.5) is 16.2 Å². The van der Waals surface area contributed by atoms with E-state index in [0.29, 0.717) is 17.8 Å². The third-order valence-corrected chi connectivity index (χ3v) is 3.63. The molecule has 2 rings (SSSR count). The van der Waals surface area contributed by atoms with Gasteiger partial charge in [-0.25, -0.2) is 4.79 Å². The topological polar surface area (TPSA) is 95.7 Å². The number of allylic oxidation sites excluding steroid dienone is 1. The minimum atomic E-state index is -0.646. The van der Waals surface area contributed by atoms with E-state index in [2.05, 4.69) is 5.32 Å². The second-order valence-corrected chi connectivity index (χ2v) is 5.50. The molecule has 4 N–H and O–H groups in total. The summed E-state index contributed by atoms with van der Waals surface area (Å²) >= 11 is 0. The van der Waals surface area contributed by atoms with E-state index in [4.69, 9.17) is 10.8 Å².